The molecule has 1 atom stereocenters. The molecular weight excluding hydrogens is 408 g/mol. The number of nitrogens with zero attached hydrogens (tertiary/aromatic N) is 3. The van der Waals surface area contributed by atoms with Crippen molar-refractivity contribution in [1.82, 2.24) is 14.8 Å². The molecule has 7 nitrogen and oxygen atoms in total. The van der Waals surface area contributed by atoms with Crippen LogP contribution in [0.5, 0.6) is 0 Å². The largest absolute Gasteiger partial charge is 0.325 e. The van der Waals surface area contributed by atoms with Crippen molar-refractivity contribution in [1.29, 1.82) is 0 Å². The zero-order valence-electron chi connectivity index (χ0n) is 17.3. The molecule has 0 saturated carbocycles. The summed E-state index contributed by atoms with van der Waals surface area (Å²) < 4.78 is 25.1. The van der Waals surface area contributed by atoms with Crippen LogP contribution in [0.15, 0.2) is 29.4 Å². The summed E-state index contributed by atoms with van der Waals surface area (Å²) in [6.07, 6.45) is 1.27. The van der Waals surface area contributed by atoms with Crippen molar-refractivity contribution in [2.45, 2.75) is 44.2 Å². The van der Waals surface area contributed by atoms with Crippen LogP contribution in [-0.2, 0) is 33.5 Å². The lowest BCUT2D eigenvalue weighted by molar-refractivity contribution is -0.113. The van der Waals surface area contributed by atoms with E-state index in [1.807, 2.05) is 35.9 Å². The van der Waals surface area contributed by atoms with Gasteiger partial charge in [-0.2, -0.15) is 0 Å². The number of rotatable bonds is 6. The molecule has 3 rings (SSSR count). The zero-order valence-corrected chi connectivity index (χ0v) is 18.9. The van der Waals surface area contributed by atoms with Gasteiger partial charge in [0.1, 0.15) is 5.82 Å². The van der Waals surface area contributed by atoms with Crippen molar-refractivity contribution in [2.24, 2.45) is 13.0 Å². The molecule has 1 aromatic heterocycles. The minimum absolute atomic E-state index is 0.0734. The number of nitrogens with one attached hydrogen (secondary N) is 1. The number of benzene rings is 1. The smallest absolute Gasteiger partial charge is 0.234 e. The molecular formula is C20H28N4O3S2. The van der Waals surface area contributed by atoms with Crippen LogP contribution >= 0.6 is 11.8 Å². The Kier molecular flexibility index (Phi) is 6.38. The average Bonchev–Trinajstić information content (AvgIpc) is 3.15. The van der Waals surface area contributed by atoms with Crippen molar-refractivity contribution in [2.75, 3.05) is 22.6 Å². The minimum atomic E-state index is -2.90. The summed E-state index contributed by atoms with van der Waals surface area (Å²) in [5, 5.41) is 11.9. The summed E-state index contributed by atoms with van der Waals surface area (Å²) in [6.45, 7) is 6.45. The Bertz CT molecular complexity index is 976. The average molecular weight is 437 g/mol. The van der Waals surface area contributed by atoms with Crippen molar-refractivity contribution in [3.05, 3.63) is 35.7 Å². The Hall–Kier alpha value is -1.87. The van der Waals surface area contributed by atoms with Crippen molar-refractivity contribution in [3.63, 3.8) is 0 Å². The Labute approximate surface area is 176 Å². The second kappa shape index (κ2) is 8.47. The van der Waals surface area contributed by atoms with Gasteiger partial charge < -0.3 is 9.88 Å². The third-order valence-corrected chi connectivity index (χ3v) is 7.95. The third-order valence-electron chi connectivity index (χ3n) is 5.09. The predicted molar refractivity (Wildman–Crippen MR) is 116 cm³/mol. The van der Waals surface area contributed by atoms with E-state index in [-0.39, 0.29) is 34.5 Å². The van der Waals surface area contributed by atoms with Crippen molar-refractivity contribution >= 4 is 33.2 Å². The molecule has 1 aromatic carbocycles. The highest BCUT2D eigenvalue weighted by atomic mass is 32.2. The number of amides is 1. The Balaban J connectivity index is 1.52. The molecule has 1 aliphatic heterocycles. The van der Waals surface area contributed by atoms with Crippen LogP contribution in [0, 0.1) is 5.92 Å². The quantitative estimate of drug-likeness (QED) is 0.700. The maximum absolute atomic E-state index is 12.3. The summed E-state index contributed by atoms with van der Waals surface area (Å²) in [7, 11) is -1.05. The number of aromatic nitrogens is 3. The van der Waals surface area contributed by atoms with E-state index < -0.39 is 9.84 Å². The fraction of sp³-hybridized carbons (Fsp3) is 0.550. The number of sulfone groups is 1. The normalized spacial score (nSPS) is 18.7. The molecule has 1 N–H and O–H groups in total. The standard InChI is InChI=1S/C20H28N4O3S2/c1-20(2,3)15-5-7-16(8-6-15)21-18(25)12-28-19-23-22-17(24(19)4)11-14-9-10-29(26,27)13-14/h5-8,14H,9-13H2,1-4H3,(H,21,25). The van der Waals surface area contributed by atoms with E-state index in [1.54, 1.807) is 0 Å². The van der Waals surface area contributed by atoms with Crippen LogP contribution in [-0.4, -0.2) is 46.3 Å². The second-order valence-electron chi connectivity index (χ2n) is 8.60. The SMILES string of the molecule is Cn1c(CC2CCS(=O)(=O)C2)nnc1SCC(=O)Nc1ccc(C(C)(C)C)cc1. The van der Waals surface area contributed by atoms with Gasteiger partial charge in [-0.05, 0) is 35.4 Å². The lowest BCUT2D eigenvalue weighted by Gasteiger charge is -2.19. The van der Waals surface area contributed by atoms with Gasteiger partial charge in [-0.1, -0.05) is 44.7 Å². The fourth-order valence-electron chi connectivity index (χ4n) is 3.32. The molecule has 158 valence electrons. The van der Waals surface area contributed by atoms with Crippen LogP contribution in [0.25, 0.3) is 0 Å². The van der Waals surface area contributed by atoms with Crippen molar-refractivity contribution < 1.29 is 13.2 Å². The number of hydrogen-bond acceptors (Lipinski definition) is 6. The Morgan fingerprint density at radius 2 is 1.93 bits per heavy atom. The molecule has 1 aliphatic rings. The maximum atomic E-state index is 12.3. The van der Waals surface area contributed by atoms with Crippen LogP contribution in [0.1, 0.15) is 38.6 Å². The first-order valence-corrected chi connectivity index (χ1v) is 12.5. The van der Waals surface area contributed by atoms with Gasteiger partial charge in [-0.3, -0.25) is 4.79 Å². The summed E-state index contributed by atoms with van der Waals surface area (Å²) in [5.41, 5.74) is 2.06. The first kappa shape index (κ1) is 21.8. The summed E-state index contributed by atoms with van der Waals surface area (Å²) in [4.78, 5) is 12.3. The Morgan fingerprint density at radius 3 is 2.52 bits per heavy atom. The van der Waals surface area contributed by atoms with E-state index >= 15 is 0 Å². The van der Waals surface area contributed by atoms with Gasteiger partial charge in [0.25, 0.3) is 0 Å². The van der Waals surface area contributed by atoms with Gasteiger partial charge in [0, 0.05) is 19.2 Å². The predicted octanol–water partition coefficient (Wildman–Crippen LogP) is 2.82. The summed E-state index contributed by atoms with van der Waals surface area (Å²) in [6, 6.07) is 7.89. The first-order valence-electron chi connectivity index (χ1n) is 9.65. The van der Waals surface area contributed by atoms with Gasteiger partial charge in [0.15, 0.2) is 15.0 Å². The fourth-order valence-corrected chi connectivity index (χ4v) is 5.91. The molecule has 29 heavy (non-hydrogen) atoms. The molecule has 0 bridgehead atoms. The zero-order chi connectivity index (χ0) is 21.2. The highest BCUT2D eigenvalue weighted by molar-refractivity contribution is 7.99. The second-order valence-corrected chi connectivity index (χ2v) is 11.8. The molecule has 0 radical (unpaired) electrons. The monoisotopic (exact) mass is 436 g/mol. The number of hydrogen-bond donors (Lipinski definition) is 1. The highest BCUT2D eigenvalue weighted by Gasteiger charge is 2.29. The van der Waals surface area contributed by atoms with Gasteiger partial charge in [-0.15, -0.1) is 10.2 Å². The molecule has 1 amide bonds. The van der Waals surface area contributed by atoms with Gasteiger partial charge >= 0.3 is 0 Å². The number of thioether (sulfide) groups is 1. The maximum Gasteiger partial charge on any atom is 0.234 e. The van der Waals surface area contributed by atoms with Gasteiger partial charge in [0.2, 0.25) is 5.91 Å². The van der Waals surface area contributed by atoms with Gasteiger partial charge in [0.05, 0.1) is 17.3 Å². The molecule has 2 aromatic rings. The lowest BCUT2D eigenvalue weighted by atomic mass is 9.87. The third kappa shape index (κ3) is 5.82. The van der Waals surface area contributed by atoms with Crippen LogP contribution in [0.4, 0.5) is 5.69 Å². The van der Waals surface area contributed by atoms with Crippen molar-refractivity contribution in [3.8, 4) is 0 Å². The molecule has 1 fully saturated rings. The number of carbonyl (C=O) groups is 1. The summed E-state index contributed by atoms with van der Waals surface area (Å²) in [5.74, 6) is 1.45. The van der Waals surface area contributed by atoms with E-state index in [2.05, 4.69) is 36.3 Å². The van der Waals surface area contributed by atoms with Crippen LogP contribution < -0.4 is 5.32 Å². The lowest BCUT2D eigenvalue weighted by Crippen LogP contribution is -2.15. The summed E-state index contributed by atoms with van der Waals surface area (Å²) >= 11 is 1.32. The molecule has 0 aliphatic carbocycles. The van der Waals surface area contributed by atoms with E-state index in [0.29, 0.717) is 18.0 Å². The Morgan fingerprint density at radius 1 is 1.24 bits per heavy atom. The first-order chi connectivity index (χ1) is 13.5. The van der Waals surface area contributed by atoms with E-state index in [0.717, 1.165) is 11.5 Å². The van der Waals surface area contributed by atoms with E-state index in [1.165, 1.54) is 17.3 Å². The van der Waals surface area contributed by atoms with Crippen LogP contribution in [0.2, 0.25) is 0 Å². The van der Waals surface area contributed by atoms with E-state index in [9.17, 15) is 13.2 Å². The molecule has 0 spiro atoms. The molecule has 9 heteroatoms. The number of carbonyl (C=O) groups excluding carboxylic acids is 1. The molecule has 2 heterocycles. The topological polar surface area (TPSA) is 93.9 Å². The molecule has 1 unspecified atom stereocenters. The van der Waals surface area contributed by atoms with E-state index in [4.69, 9.17) is 0 Å². The minimum Gasteiger partial charge on any atom is -0.325 e. The van der Waals surface area contributed by atoms with Crippen LogP contribution in [0.3, 0.4) is 0 Å². The number of anilines is 1. The van der Waals surface area contributed by atoms with Gasteiger partial charge in [-0.25, -0.2) is 8.42 Å². The highest BCUT2D eigenvalue weighted by Crippen LogP contribution is 2.25. The molecule has 1 saturated heterocycles.